The monoisotopic (exact) mass is 384 g/mol. The van der Waals surface area contributed by atoms with Crippen LogP contribution in [0, 0.1) is 17.2 Å². The van der Waals surface area contributed by atoms with Gasteiger partial charge >= 0.3 is 0 Å². The maximum absolute atomic E-state index is 8.74. The van der Waals surface area contributed by atoms with E-state index in [1.54, 1.807) is 25.4 Å². The van der Waals surface area contributed by atoms with Crippen LogP contribution in [-0.4, -0.2) is 41.5 Å². The summed E-state index contributed by atoms with van der Waals surface area (Å²) in [6.07, 6.45) is 5.31. The Labute approximate surface area is 167 Å². The number of aromatic nitrogens is 3. The first kappa shape index (κ1) is 21.9. The smallest absolute Gasteiger partial charge is 0.153 e. The molecule has 2 unspecified atom stereocenters. The van der Waals surface area contributed by atoms with Gasteiger partial charge in [-0.3, -0.25) is 5.10 Å². The van der Waals surface area contributed by atoms with E-state index in [9.17, 15) is 0 Å². The molecule has 0 saturated heterocycles. The molecular weight excluding hydrogens is 352 g/mol. The predicted octanol–water partition coefficient (Wildman–Crippen LogP) is 3.95. The van der Waals surface area contributed by atoms with Crippen LogP contribution in [0.3, 0.4) is 0 Å². The molecule has 7 heteroatoms. The van der Waals surface area contributed by atoms with Crippen LogP contribution in [0.15, 0.2) is 24.4 Å². The molecule has 1 saturated carbocycles. The van der Waals surface area contributed by atoms with Crippen molar-refractivity contribution in [1.29, 1.82) is 5.26 Å². The van der Waals surface area contributed by atoms with Crippen molar-refractivity contribution in [3.8, 4) is 6.07 Å². The van der Waals surface area contributed by atoms with Crippen LogP contribution in [0.4, 0.5) is 11.6 Å². The summed E-state index contributed by atoms with van der Waals surface area (Å²) in [6, 6.07) is 7.63. The van der Waals surface area contributed by atoms with Crippen LogP contribution in [0.1, 0.15) is 57.2 Å². The van der Waals surface area contributed by atoms with Gasteiger partial charge in [-0.25, -0.2) is 4.98 Å². The predicted molar refractivity (Wildman–Crippen MR) is 112 cm³/mol. The average molecular weight is 385 g/mol. The van der Waals surface area contributed by atoms with Gasteiger partial charge in [-0.05, 0) is 51.8 Å². The Kier molecular flexibility index (Phi) is 7.97. The van der Waals surface area contributed by atoms with E-state index < -0.39 is 0 Å². The second-order valence-electron chi connectivity index (χ2n) is 8.06. The molecule has 3 N–H and O–H groups in total. The highest BCUT2D eigenvalue weighted by Gasteiger charge is 2.24. The largest absolute Gasteiger partial charge is 0.383 e. The lowest BCUT2D eigenvalue weighted by atomic mass is 10.0. The Hall–Kier alpha value is -2.43. The van der Waals surface area contributed by atoms with Gasteiger partial charge in [0.05, 0.1) is 12.2 Å². The molecule has 0 radical (unpaired) electrons. The maximum atomic E-state index is 8.74. The Balaban J connectivity index is 0.000000300. The van der Waals surface area contributed by atoms with Crippen molar-refractivity contribution in [2.24, 2.45) is 5.92 Å². The van der Waals surface area contributed by atoms with Crippen molar-refractivity contribution in [3.63, 3.8) is 0 Å². The molecule has 3 rings (SSSR count). The molecule has 1 aliphatic rings. The Bertz CT molecular complexity index is 762. The lowest BCUT2D eigenvalue weighted by Gasteiger charge is -2.21. The van der Waals surface area contributed by atoms with Crippen LogP contribution in [0.5, 0.6) is 0 Å². The third-order valence-electron chi connectivity index (χ3n) is 5.06. The summed E-state index contributed by atoms with van der Waals surface area (Å²) in [6.45, 7) is 7.24. The number of rotatable bonds is 6. The zero-order valence-electron chi connectivity index (χ0n) is 17.5. The molecule has 2 heterocycles. The molecule has 0 spiro atoms. The van der Waals surface area contributed by atoms with E-state index in [2.05, 4.69) is 58.7 Å². The topological polar surface area (TPSA) is 98.7 Å². The van der Waals surface area contributed by atoms with Gasteiger partial charge in [0.15, 0.2) is 5.82 Å². The summed E-state index contributed by atoms with van der Waals surface area (Å²) >= 11 is 0. The first-order valence-electron chi connectivity index (χ1n) is 9.73. The molecule has 0 aliphatic heterocycles. The van der Waals surface area contributed by atoms with Gasteiger partial charge in [-0.15, -0.1) is 0 Å². The van der Waals surface area contributed by atoms with Gasteiger partial charge < -0.3 is 15.4 Å². The van der Waals surface area contributed by atoms with Crippen LogP contribution in [-0.2, 0) is 4.74 Å². The quantitative estimate of drug-likeness (QED) is 0.697. The zero-order chi connectivity index (χ0) is 20.6. The summed E-state index contributed by atoms with van der Waals surface area (Å²) in [5.74, 6) is 2.88. The third-order valence-corrected chi connectivity index (χ3v) is 5.06. The first-order chi connectivity index (χ1) is 13.4. The lowest BCUT2D eigenvalue weighted by molar-refractivity contribution is 0.133. The molecule has 2 aromatic rings. The molecule has 1 aliphatic carbocycles. The Morgan fingerprint density at radius 1 is 1.32 bits per heavy atom. The van der Waals surface area contributed by atoms with Gasteiger partial charge in [0.25, 0.3) is 0 Å². The number of ether oxygens (including phenoxy) is 1. The SMILES string of the molecule is CC1CCC(c2cc(Nc3ccc(C#N)cn3)n[nH]2)C1.CNC(C)(C)COC. The van der Waals surface area contributed by atoms with E-state index in [4.69, 9.17) is 10.00 Å². The second-order valence-corrected chi connectivity index (χ2v) is 8.06. The number of hydrogen-bond acceptors (Lipinski definition) is 6. The zero-order valence-corrected chi connectivity index (χ0v) is 17.5. The summed E-state index contributed by atoms with van der Waals surface area (Å²) in [5.41, 5.74) is 1.87. The van der Waals surface area contributed by atoms with Gasteiger partial charge in [-0.2, -0.15) is 10.4 Å². The van der Waals surface area contributed by atoms with Crippen LogP contribution < -0.4 is 10.6 Å². The Morgan fingerprint density at radius 3 is 2.61 bits per heavy atom. The number of nitrogens with zero attached hydrogens (tertiary/aromatic N) is 3. The molecule has 152 valence electrons. The molecule has 28 heavy (non-hydrogen) atoms. The molecule has 0 aromatic carbocycles. The Morgan fingerprint density at radius 2 is 2.11 bits per heavy atom. The third kappa shape index (κ3) is 6.63. The van der Waals surface area contributed by atoms with Crippen LogP contribution in [0.2, 0.25) is 0 Å². The summed E-state index contributed by atoms with van der Waals surface area (Å²) in [5, 5.41) is 22.4. The number of pyridine rings is 1. The molecule has 2 aromatic heterocycles. The molecule has 2 atom stereocenters. The normalized spacial score (nSPS) is 18.9. The van der Waals surface area contributed by atoms with E-state index >= 15 is 0 Å². The fourth-order valence-corrected chi connectivity index (χ4v) is 3.20. The second kappa shape index (κ2) is 10.2. The number of anilines is 2. The number of nitrogens with one attached hydrogen (secondary N) is 3. The van der Waals surface area contributed by atoms with Gasteiger partial charge in [-0.1, -0.05) is 13.3 Å². The van der Waals surface area contributed by atoms with Crippen molar-refractivity contribution in [1.82, 2.24) is 20.5 Å². The molecular formula is C21H32N6O. The highest BCUT2D eigenvalue weighted by molar-refractivity contribution is 5.52. The minimum atomic E-state index is 0.120. The molecule has 0 bridgehead atoms. The minimum absolute atomic E-state index is 0.120. The van der Waals surface area contributed by atoms with E-state index in [1.165, 1.54) is 25.0 Å². The fraction of sp³-hybridized carbons (Fsp3) is 0.571. The highest BCUT2D eigenvalue weighted by atomic mass is 16.5. The van der Waals surface area contributed by atoms with Crippen LogP contribution in [0.25, 0.3) is 0 Å². The van der Waals surface area contributed by atoms with Gasteiger partial charge in [0.1, 0.15) is 11.9 Å². The van der Waals surface area contributed by atoms with E-state index in [0.29, 0.717) is 17.3 Å². The maximum Gasteiger partial charge on any atom is 0.153 e. The lowest BCUT2D eigenvalue weighted by Crippen LogP contribution is -2.40. The molecule has 0 amide bonds. The summed E-state index contributed by atoms with van der Waals surface area (Å²) in [4.78, 5) is 4.18. The van der Waals surface area contributed by atoms with Crippen molar-refractivity contribution in [2.75, 3.05) is 26.1 Å². The summed E-state index contributed by atoms with van der Waals surface area (Å²) < 4.78 is 4.94. The van der Waals surface area contributed by atoms with Gasteiger partial charge in [0.2, 0.25) is 0 Å². The number of nitriles is 1. The van der Waals surface area contributed by atoms with Crippen molar-refractivity contribution in [2.45, 2.75) is 51.5 Å². The number of hydrogen-bond donors (Lipinski definition) is 3. The number of likely N-dealkylation sites (N-methyl/N-ethyl adjacent to an activating group) is 1. The summed E-state index contributed by atoms with van der Waals surface area (Å²) in [7, 11) is 3.64. The minimum Gasteiger partial charge on any atom is -0.383 e. The van der Waals surface area contributed by atoms with Gasteiger partial charge in [0, 0.05) is 36.5 Å². The molecule has 1 fully saturated rings. The van der Waals surface area contributed by atoms with Crippen molar-refractivity contribution in [3.05, 3.63) is 35.7 Å². The van der Waals surface area contributed by atoms with E-state index in [-0.39, 0.29) is 5.54 Å². The first-order valence-corrected chi connectivity index (χ1v) is 9.73. The van der Waals surface area contributed by atoms with Crippen LogP contribution >= 0.6 is 0 Å². The van der Waals surface area contributed by atoms with E-state index in [0.717, 1.165) is 18.3 Å². The number of methoxy groups -OCH3 is 1. The number of aromatic amines is 1. The average Bonchev–Trinajstić information content (AvgIpc) is 3.32. The highest BCUT2D eigenvalue weighted by Crippen LogP contribution is 2.37. The van der Waals surface area contributed by atoms with Crippen molar-refractivity contribution < 1.29 is 4.74 Å². The molecule has 7 nitrogen and oxygen atoms in total. The number of H-pyrrole nitrogens is 1. The fourth-order valence-electron chi connectivity index (χ4n) is 3.20. The van der Waals surface area contributed by atoms with E-state index in [1.807, 2.05) is 7.05 Å². The van der Waals surface area contributed by atoms with Crippen molar-refractivity contribution >= 4 is 11.6 Å². The standard InChI is InChI=1S/C15H17N5.C6H15NO/c1-10-2-4-12(6-10)13-7-15(20-19-13)18-14-5-3-11(8-16)9-17-14;1-6(2,7-3)5-8-4/h3,5,7,9-10,12H,2,4,6H2,1H3,(H2,17,18,19,20);7H,5H2,1-4H3.